The van der Waals surface area contributed by atoms with Gasteiger partial charge >= 0.3 is 0 Å². The molecule has 0 bridgehead atoms. The largest absolute Gasteiger partial charge is 0.364 e. The number of anilines is 1. The predicted molar refractivity (Wildman–Crippen MR) is 98.5 cm³/mol. The molecule has 1 unspecified atom stereocenters. The SMILES string of the molecule is Cc1cc(NC(C)c2cccs2)n2c(nc3ccccc32)c1C#N. The summed E-state index contributed by atoms with van der Waals surface area (Å²) in [7, 11) is 0. The Morgan fingerprint density at radius 2 is 2.08 bits per heavy atom. The molecule has 3 aromatic heterocycles. The molecule has 0 saturated carbocycles. The van der Waals surface area contributed by atoms with E-state index < -0.39 is 0 Å². The zero-order chi connectivity index (χ0) is 16.7. The van der Waals surface area contributed by atoms with Crippen LogP contribution < -0.4 is 5.32 Å². The van der Waals surface area contributed by atoms with E-state index in [2.05, 4.69) is 40.8 Å². The Kier molecular flexibility index (Phi) is 3.47. The van der Waals surface area contributed by atoms with Crippen molar-refractivity contribution in [2.75, 3.05) is 5.32 Å². The van der Waals surface area contributed by atoms with E-state index in [1.54, 1.807) is 11.3 Å². The van der Waals surface area contributed by atoms with E-state index in [1.807, 2.05) is 41.7 Å². The van der Waals surface area contributed by atoms with Gasteiger partial charge in [0.05, 0.1) is 22.6 Å². The maximum absolute atomic E-state index is 9.54. The third-order valence-corrected chi connectivity index (χ3v) is 5.27. The van der Waals surface area contributed by atoms with Gasteiger partial charge in [-0.05, 0) is 49.1 Å². The lowest BCUT2D eigenvalue weighted by Crippen LogP contribution is -2.09. The van der Waals surface area contributed by atoms with Crippen molar-refractivity contribution in [1.82, 2.24) is 9.38 Å². The average molecular weight is 332 g/mol. The van der Waals surface area contributed by atoms with Gasteiger partial charge in [-0.3, -0.25) is 4.40 Å². The molecule has 0 radical (unpaired) electrons. The fraction of sp³-hybridized carbons (Fsp3) is 0.158. The lowest BCUT2D eigenvalue weighted by atomic mass is 10.1. The molecule has 4 nitrogen and oxygen atoms in total. The van der Waals surface area contributed by atoms with Crippen molar-refractivity contribution in [3.8, 4) is 6.07 Å². The van der Waals surface area contributed by atoms with Crippen LogP contribution in [-0.4, -0.2) is 9.38 Å². The van der Waals surface area contributed by atoms with Gasteiger partial charge in [0.25, 0.3) is 0 Å². The number of nitrogens with zero attached hydrogens (tertiary/aromatic N) is 3. The van der Waals surface area contributed by atoms with E-state index in [9.17, 15) is 5.26 Å². The highest BCUT2D eigenvalue weighted by atomic mass is 32.1. The quantitative estimate of drug-likeness (QED) is 0.580. The molecule has 0 fully saturated rings. The zero-order valence-corrected chi connectivity index (χ0v) is 14.3. The molecule has 0 amide bonds. The summed E-state index contributed by atoms with van der Waals surface area (Å²) in [5.41, 5.74) is 4.16. The van der Waals surface area contributed by atoms with Crippen molar-refractivity contribution in [2.45, 2.75) is 19.9 Å². The Balaban J connectivity index is 1.96. The Labute approximate surface area is 144 Å². The molecule has 1 aromatic carbocycles. The van der Waals surface area contributed by atoms with E-state index in [1.165, 1.54) is 4.88 Å². The third kappa shape index (κ3) is 2.24. The van der Waals surface area contributed by atoms with Crippen molar-refractivity contribution in [3.63, 3.8) is 0 Å². The van der Waals surface area contributed by atoms with Crippen molar-refractivity contribution in [3.05, 3.63) is 63.8 Å². The summed E-state index contributed by atoms with van der Waals surface area (Å²) in [4.78, 5) is 5.95. The molecular formula is C19H16N4S. The Morgan fingerprint density at radius 1 is 1.25 bits per heavy atom. The molecule has 0 aliphatic rings. The number of imidazole rings is 1. The number of pyridine rings is 1. The van der Waals surface area contributed by atoms with Crippen molar-refractivity contribution < 1.29 is 0 Å². The van der Waals surface area contributed by atoms with Crippen LogP contribution in [0.2, 0.25) is 0 Å². The Morgan fingerprint density at radius 3 is 2.83 bits per heavy atom. The Hall–Kier alpha value is -2.84. The number of benzene rings is 1. The van der Waals surface area contributed by atoms with Gasteiger partial charge in [-0.1, -0.05) is 18.2 Å². The summed E-state index contributed by atoms with van der Waals surface area (Å²) < 4.78 is 2.05. The topological polar surface area (TPSA) is 53.1 Å². The maximum atomic E-state index is 9.54. The third-order valence-electron chi connectivity index (χ3n) is 4.22. The molecule has 0 aliphatic carbocycles. The summed E-state index contributed by atoms with van der Waals surface area (Å²) in [5, 5.41) is 15.2. The summed E-state index contributed by atoms with van der Waals surface area (Å²) >= 11 is 1.73. The van der Waals surface area contributed by atoms with Crippen LogP contribution in [0.1, 0.15) is 29.0 Å². The molecule has 24 heavy (non-hydrogen) atoms. The van der Waals surface area contributed by atoms with E-state index in [4.69, 9.17) is 0 Å². The average Bonchev–Trinajstić information content (AvgIpc) is 3.22. The fourth-order valence-electron chi connectivity index (χ4n) is 3.03. The number of aryl methyl sites for hydroxylation is 1. The second kappa shape index (κ2) is 5.66. The van der Waals surface area contributed by atoms with Crippen LogP contribution in [0.25, 0.3) is 16.7 Å². The fourth-order valence-corrected chi connectivity index (χ4v) is 3.77. The van der Waals surface area contributed by atoms with E-state index >= 15 is 0 Å². The monoisotopic (exact) mass is 332 g/mol. The molecule has 0 spiro atoms. The number of fused-ring (bicyclic) bond motifs is 3. The number of hydrogen-bond acceptors (Lipinski definition) is 4. The number of rotatable bonds is 3. The van der Waals surface area contributed by atoms with Gasteiger partial charge in [0.1, 0.15) is 11.9 Å². The first-order valence-corrected chi connectivity index (χ1v) is 8.68. The Bertz CT molecular complexity index is 1070. The lowest BCUT2D eigenvalue weighted by molar-refractivity contribution is 0.891. The zero-order valence-electron chi connectivity index (χ0n) is 13.4. The van der Waals surface area contributed by atoms with Crippen LogP contribution in [0.4, 0.5) is 5.82 Å². The first-order chi connectivity index (χ1) is 11.7. The number of thiophene rings is 1. The second-order valence-corrected chi connectivity index (χ2v) is 6.82. The number of para-hydroxylation sites is 2. The molecule has 4 rings (SSSR count). The normalized spacial score (nSPS) is 12.4. The lowest BCUT2D eigenvalue weighted by Gasteiger charge is -2.17. The van der Waals surface area contributed by atoms with E-state index in [0.717, 1.165) is 22.4 Å². The first-order valence-electron chi connectivity index (χ1n) is 7.80. The summed E-state index contributed by atoms with van der Waals surface area (Å²) in [6, 6.07) is 16.7. The molecule has 4 aromatic rings. The first kappa shape index (κ1) is 14.7. The van der Waals surface area contributed by atoms with Crippen LogP contribution >= 0.6 is 11.3 Å². The summed E-state index contributed by atoms with van der Waals surface area (Å²) in [5.74, 6) is 0.955. The predicted octanol–water partition coefficient (Wildman–Crippen LogP) is 4.90. The smallest absolute Gasteiger partial charge is 0.157 e. The van der Waals surface area contributed by atoms with E-state index in [-0.39, 0.29) is 6.04 Å². The van der Waals surface area contributed by atoms with Gasteiger partial charge in [-0.2, -0.15) is 5.26 Å². The van der Waals surface area contributed by atoms with Gasteiger partial charge in [0.2, 0.25) is 0 Å². The number of aromatic nitrogens is 2. The number of nitrogens with one attached hydrogen (secondary N) is 1. The van der Waals surface area contributed by atoms with E-state index in [0.29, 0.717) is 11.2 Å². The molecule has 1 atom stereocenters. The van der Waals surface area contributed by atoms with Crippen molar-refractivity contribution in [1.29, 1.82) is 5.26 Å². The highest BCUT2D eigenvalue weighted by Crippen LogP contribution is 2.29. The molecular weight excluding hydrogens is 316 g/mol. The highest BCUT2D eigenvalue weighted by Gasteiger charge is 2.16. The molecule has 0 aliphatic heterocycles. The van der Waals surface area contributed by atoms with Crippen LogP contribution in [0, 0.1) is 18.3 Å². The van der Waals surface area contributed by atoms with Crippen molar-refractivity contribution in [2.24, 2.45) is 0 Å². The minimum Gasteiger partial charge on any atom is -0.364 e. The standard InChI is InChI=1S/C19H16N4S/c1-12-10-18(21-13(2)17-8-5-9-24-17)23-16-7-4-3-6-15(16)22-19(23)14(12)11-20/h3-10,13,21H,1-2H3. The minimum absolute atomic E-state index is 0.182. The van der Waals surface area contributed by atoms with Gasteiger partial charge in [-0.15, -0.1) is 11.3 Å². The molecule has 118 valence electrons. The van der Waals surface area contributed by atoms with Crippen LogP contribution in [0.3, 0.4) is 0 Å². The van der Waals surface area contributed by atoms with Crippen molar-refractivity contribution >= 4 is 33.8 Å². The highest BCUT2D eigenvalue weighted by molar-refractivity contribution is 7.10. The van der Waals surface area contributed by atoms with Gasteiger partial charge in [0, 0.05) is 4.88 Å². The molecule has 1 N–H and O–H groups in total. The van der Waals surface area contributed by atoms with Gasteiger partial charge < -0.3 is 5.32 Å². The molecule has 0 saturated heterocycles. The van der Waals surface area contributed by atoms with Crippen LogP contribution in [-0.2, 0) is 0 Å². The second-order valence-electron chi connectivity index (χ2n) is 5.84. The van der Waals surface area contributed by atoms with Gasteiger partial charge in [-0.25, -0.2) is 4.98 Å². The van der Waals surface area contributed by atoms with Crippen LogP contribution in [0.5, 0.6) is 0 Å². The summed E-state index contributed by atoms with van der Waals surface area (Å²) in [6.45, 7) is 4.10. The van der Waals surface area contributed by atoms with Gasteiger partial charge in [0.15, 0.2) is 5.65 Å². The number of hydrogen-bond donors (Lipinski definition) is 1. The maximum Gasteiger partial charge on any atom is 0.157 e. The molecule has 3 heterocycles. The molecule has 5 heteroatoms. The minimum atomic E-state index is 0.182. The summed E-state index contributed by atoms with van der Waals surface area (Å²) in [6.07, 6.45) is 0. The number of nitriles is 1. The van der Waals surface area contributed by atoms with Crippen LogP contribution in [0.15, 0.2) is 47.8 Å².